The lowest BCUT2D eigenvalue weighted by molar-refractivity contribution is 0.0925. The van der Waals surface area contributed by atoms with Crippen molar-refractivity contribution >= 4 is 5.91 Å². The third-order valence-corrected chi connectivity index (χ3v) is 2.55. The molecule has 1 aromatic carbocycles. The molecule has 0 saturated heterocycles. The van der Waals surface area contributed by atoms with Crippen LogP contribution in [0.4, 0.5) is 4.39 Å². The topological polar surface area (TPSA) is 42.2 Å². The molecule has 4 heteroatoms. The molecule has 2 rings (SSSR count). The molecule has 0 unspecified atom stereocenters. The highest BCUT2D eigenvalue weighted by atomic mass is 19.1. The van der Waals surface area contributed by atoms with Gasteiger partial charge in [-0.1, -0.05) is 12.1 Å². The second-order valence-electron chi connectivity index (χ2n) is 4.05. The van der Waals surface area contributed by atoms with Crippen LogP contribution in [-0.2, 0) is 6.42 Å². The molecule has 0 fully saturated rings. The Morgan fingerprint density at radius 3 is 2.83 bits per heavy atom. The Bertz CT molecular complexity index is 548. The molecule has 94 valence electrons. The number of rotatable bonds is 4. The fraction of sp³-hybridized carbons (Fsp3) is 0.214. The molecule has 0 aliphatic heterocycles. The molecule has 1 N–H and O–H groups in total. The van der Waals surface area contributed by atoms with Crippen LogP contribution in [0.3, 0.4) is 0 Å². The molecular formula is C14H14FNO2. The van der Waals surface area contributed by atoms with Crippen molar-refractivity contribution in [2.75, 3.05) is 6.54 Å². The molecule has 2 aromatic rings. The summed E-state index contributed by atoms with van der Waals surface area (Å²) >= 11 is 0. The number of benzene rings is 1. The Kier molecular flexibility index (Phi) is 3.77. The van der Waals surface area contributed by atoms with E-state index in [2.05, 4.69) is 5.32 Å². The highest BCUT2D eigenvalue weighted by Crippen LogP contribution is 2.06. The van der Waals surface area contributed by atoms with Crippen molar-refractivity contribution in [2.24, 2.45) is 0 Å². The molecule has 0 bridgehead atoms. The first-order valence-electron chi connectivity index (χ1n) is 5.74. The standard InChI is InChI=1S/C14H14FNO2/c1-10-5-6-13(18-10)14(17)16-8-7-11-3-2-4-12(15)9-11/h2-6,9H,7-8H2,1H3,(H,16,17). The first kappa shape index (κ1) is 12.4. The predicted octanol–water partition coefficient (Wildman–Crippen LogP) is 2.70. The van der Waals surface area contributed by atoms with E-state index in [9.17, 15) is 9.18 Å². The van der Waals surface area contributed by atoms with E-state index in [1.54, 1.807) is 25.1 Å². The van der Waals surface area contributed by atoms with Crippen molar-refractivity contribution in [1.29, 1.82) is 0 Å². The second-order valence-corrected chi connectivity index (χ2v) is 4.05. The first-order valence-corrected chi connectivity index (χ1v) is 5.74. The lowest BCUT2D eigenvalue weighted by atomic mass is 10.1. The van der Waals surface area contributed by atoms with Gasteiger partial charge >= 0.3 is 0 Å². The van der Waals surface area contributed by atoms with Gasteiger partial charge in [0.25, 0.3) is 5.91 Å². The lowest BCUT2D eigenvalue weighted by Crippen LogP contribution is -2.25. The number of halogens is 1. The predicted molar refractivity (Wildman–Crippen MR) is 65.9 cm³/mol. The SMILES string of the molecule is Cc1ccc(C(=O)NCCc2cccc(F)c2)o1. The maximum Gasteiger partial charge on any atom is 0.287 e. The molecule has 0 aliphatic rings. The zero-order valence-corrected chi connectivity index (χ0v) is 10.1. The summed E-state index contributed by atoms with van der Waals surface area (Å²) in [6.45, 7) is 2.23. The summed E-state index contributed by atoms with van der Waals surface area (Å²) in [6, 6.07) is 9.71. The number of amides is 1. The van der Waals surface area contributed by atoms with E-state index in [-0.39, 0.29) is 11.7 Å². The van der Waals surface area contributed by atoms with Crippen LogP contribution in [0, 0.1) is 12.7 Å². The molecule has 0 radical (unpaired) electrons. The molecule has 1 heterocycles. The van der Waals surface area contributed by atoms with Gasteiger partial charge in [-0.25, -0.2) is 4.39 Å². The number of nitrogens with one attached hydrogen (secondary N) is 1. The van der Waals surface area contributed by atoms with Crippen molar-refractivity contribution in [2.45, 2.75) is 13.3 Å². The Hall–Kier alpha value is -2.10. The van der Waals surface area contributed by atoms with Gasteiger partial charge in [0.1, 0.15) is 11.6 Å². The summed E-state index contributed by atoms with van der Waals surface area (Å²) in [5.74, 6) is 0.483. The second kappa shape index (κ2) is 5.49. The van der Waals surface area contributed by atoms with Gasteiger partial charge < -0.3 is 9.73 Å². The Labute approximate surface area is 105 Å². The fourth-order valence-electron chi connectivity index (χ4n) is 1.66. The van der Waals surface area contributed by atoms with E-state index in [0.717, 1.165) is 5.56 Å². The van der Waals surface area contributed by atoms with E-state index in [4.69, 9.17) is 4.42 Å². The van der Waals surface area contributed by atoms with E-state index >= 15 is 0 Å². The molecule has 0 saturated carbocycles. The average molecular weight is 247 g/mol. The van der Waals surface area contributed by atoms with Crippen LogP contribution >= 0.6 is 0 Å². The van der Waals surface area contributed by atoms with Crippen LogP contribution in [0.2, 0.25) is 0 Å². The van der Waals surface area contributed by atoms with Crippen LogP contribution in [0.25, 0.3) is 0 Å². The van der Waals surface area contributed by atoms with E-state index in [0.29, 0.717) is 24.5 Å². The zero-order valence-electron chi connectivity index (χ0n) is 10.1. The van der Waals surface area contributed by atoms with Crippen LogP contribution in [0.15, 0.2) is 40.8 Å². The summed E-state index contributed by atoms with van der Waals surface area (Å²) < 4.78 is 18.1. The average Bonchev–Trinajstić information content (AvgIpc) is 2.76. The number of carbonyl (C=O) groups excluding carboxylic acids is 1. The summed E-state index contributed by atoms with van der Waals surface area (Å²) in [6.07, 6.45) is 0.586. The number of aryl methyl sites for hydroxylation is 1. The van der Waals surface area contributed by atoms with E-state index in [1.165, 1.54) is 12.1 Å². The molecule has 1 amide bonds. The molecule has 3 nitrogen and oxygen atoms in total. The lowest BCUT2D eigenvalue weighted by Gasteiger charge is -2.03. The van der Waals surface area contributed by atoms with Crippen LogP contribution in [-0.4, -0.2) is 12.5 Å². The molecule has 0 spiro atoms. The summed E-state index contributed by atoms with van der Waals surface area (Å²) in [4.78, 5) is 11.6. The summed E-state index contributed by atoms with van der Waals surface area (Å²) in [7, 11) is 0. The normalized spacial score (nSPS) is 10.3. The van der Waals surface area contributed by atoms with Crippen LogP contribution in [0.5, 0.6) is 0 Å². The van der Waals surface area contributed by atoms with E-state index < -0.39 is 0 Å². The monoisotopic (exact) mass is 247 g/mol. The van der Waals surface area contributed by atoms with Crippen molar-refractivity contribution in [3.8, 4) is 0 Å². The van der Waals surface area contributed by atoms with Crippen molar-refractivity contribution in [3.63, 3.8) is 0 Å². The maximum absolute atomic E-state index is 12.9. The van der Waals surface area contributed by atoms with Gasteiger partial charge in [0.05, 0.1) is 0 Å². The van der Waals surface area contributed by atoms with E-state index in [1.807, 2.05) is 6.07 Å². The Morgan fingerprint density at radius 2 is 2.17 bits per heavy atom. The van der Waals surface area contributed by atoms with Crippen molar-refractivity contribution < 1.29 is 13.6 Å². The molecule has 1 aromatic heterocycles. The Balaban J connectivity index is 1.84. The third kappa shape index (κ3) is 3.20. The molecular weight excluding hydrogens is 233 g/mol. The summed E-state index contributed by atoms with van der Waals surface area (Å²) in [5, 5.41) is 2.73. The molecule has 0 aliphatic carbocycles. The Morgan fingerprint density at radius 1 is 1.33 bits per heavy atom. The third-order valence-electron chi connectivity index (χ3n) is 2.55. The first-order chi connectivity index (χ1) is 8.65. The number of hydrogen-bond acceptors (Lipinski definition) is 2. The van der Waals surface area contributed by atoms with Gasteiger partial charge in [-0.3, -0.25) is 4.79 Å². The largest absolute Gasteiger partial charge is 0.456 e. The van der Waals surface area contributed by atoms with Crippen LogP contribution in [0.1, 0.15) is 21.9 Å². The quantitative estimate of drug-likeness (QED) is 0.902. The maximum atomic E-state index is 12.9. The molecule has 0 atom stereocenters. The van der Waals surface area contributed by atoms with Crippen molar-refractivity contribution in [3.05, 3.63) is 59.3 Å². The van der Waals surface area contributed by atoms with Gasteiger partial charge in [0.15, 0.2) is 5.76 Å². The van der Waals surface area contributed by atoms with Gasteiger partial charge in [-0.15, -0.1) is 0 Å². The summed E-state index contributed by atoms with van der Waals surface area (Å²) in [5.41, 5.74) is 0.853. The van der Waals surface area contributed by atoms with Gasteiger partial charge in [-0.05, 0) is 43.2 Å². The smallest absolute Gasteiger partial charge is 0.287 e. The minimum absolute atomic E-state index is 0.250. The fourth-order valence-corrected chi connectivity index (χ4v) is 1.66. The number of carbonyl (C=O) groups is 1. The minimum atomic E-state index is -0.263. The van der Waals surface area contributed by atoms with Gasteiger partial charge in [0, 0.05) is 6.54 Å². The highest BCUT2D eigenvalue weighted by Gasteiger charge is 2.08. The highest BCUT2D eigenvalue weighted by molar-refractivity contribution is 5.91. The van der Waals surface area contributed by atoms with Crippen molar-refractivity contribution in [1.82, 2.24) is 5.32 Å². The number of hydrogen-bond donors (Lipinski definition) is 1. The van der Waals surface area contributed by atoms with Crippen LogP contribution < -0.4 is 5.32 Å². The number of furan rings is 1. The van der Waals surface area contributed by atoms with Gasteiger partial charge in [-0.2, -0.15) is 0 Å². The molecule has 18 heavy (non-hydrogen) atoms. The minimum Gasteiger partial charge on any atom is -0.456 e. The van der Waals surface area contributed by atoms with Gasteiger partial charge in [0.2, 0.25) is 0 Å². The zero-order chi connectivity index (χ0) is 13.0.